The molecule has 1 saturated carbocycles. The number of hydroxylamine groups is 1. The summed E-state index contributed by atoms with van der Waals surface area (Å²) in [6.07, 6.45) is 6.36. The Kier molecular flexibility index (Phi) is 5.48. The molecule has 0 saturated heterocycles. The second-order valence-corrected chi connectivity index (χ2v) is 7.18. The summed E-state index contributed by atoms with van der Waals surface area (Å²) in [5.74, 6) is 0.316. The van der Waals surface area contributed by atoms with E-state index in [4.69, 9.17) is 5.21 Å². The van der Waals surface area contributed by atoms with E-state index in [-0.39, 0.29) is 0 Å². The zero-order chi connectivity index (χ0) is 17.1. The summed E-state index contributed by atoms with van der Waals surface area (Å²) in [4.78, 5) is 20.9. The topological polar surface area (TPSA) is 68.7 Å². The van der Waals surface area contributed by atoms with E-state index in [0.29, 0.717) is 11.6 Å². The van der Waals surface area contributed by atoms with E-state index in [1.807, 2.05) is 6.07 Å². The van der Waals surface area contributed by atoms with Crippen LogP contribution in [0.4, 0.5) is 0 Å². The third-order valence-electron chi connectivity index (χ3n) is 5.58. The Morgan fingerprint density at radius 1 is 1.50 bits per heavy atom. The molecule has 2 aliphatic rings. The fourth-order valence-electron chi connectivity index (χ4n) is 4.05. The molecule has 0 aromatic carbocycles. The van der Waals surface area contributed by atoms with Crippen molar-refractivity contribution in [2.45, 2.75) is 45.2 Å². The number of aromatic nitrogens is 1. The lowest BCUT2D eigenvalue weighted by Gasteiger charge is -2.33. The van der Waals surface area contributed by atoms with Gasteiger partial charge in [-0.2, -0.15) is 0 Å². The third-order valence-corrected chi connectivity index (χ3v) is 5.58. The summed E-state index contributed by atoms with van der Waals surface area (Å²) in [5.41, 5.74) is 4.30. The SMILES string of the molecule is CCN(C)CC1CCC(N2CCc3cc(C(=O)NO)cnc3C2)C1. The molecule has 1 aliphatic carbocycles. The van der Waals surface area contributed by atoms with Crippen LogP contribution in [0.25, 0.3) is 0 Å². The van der Waals surface area contributed by atoms with Crippen molar-refractivity contribution in [3.63, 3.8) is 0 Å². The number of rotatable bonds is 5. The Hall–Kier alpha value is -1.50. The molecule has 0 spiro atoms. The van der Waals surface area contributed by atoms with E-state index in [1.54, 1.807) is 11.7 Å². The van der Waals surface area contributed by atoms with E-state index in [0.717, 1.165) is 43.2 Å². The van der Waals surface area contributed by atoms with Gasteiger partial charge in [-0.05, 0) is 56.8 Å². The molecule has 0 bridgehead atoms. The van der Waals surface area contributed by atoms with Crippen molar-refractivity contribution in [2.75, 3.05) is 26.7 Å². The molecule has 1 amide bonds. The minimum Gasteiger partial charge on any atom is -0.306 e. The number of amides is 1. The van der Waals surface area contributed by atoms with Gasteiger partial charge in [0.1, 0.15) is 0 Å². The van der Waals surface area contributed by atoms with Crippen molar-refractivity contribution >= 4 is 5.91 Å². The largest absolute Gasteiger partial charge is 0.306 e. The molecule has 2 unspecified atom stereocenters. The molecule has 2 heterocycles. The molecular formula is C18H28N4O2. The number of carbonyl (C=O) groups excluding carboxylic acids is 1. The monoisotopic (exact) mass is 332 g/mol. The van der Waals surface area contributed by atoms with Gasteiger partial charge in [0.2, 0.25) is 0 Å². The summed E-state index contributed by atoms with van der Waals surface area (Å²) in [6, 6.07) is 2.52. The predicted octanol–water partition coefficient (Wildman–Crippen LogP) is 1.68. The second kappa shape index (κ2) is 7.59. The van der Waals surface area contributed by atoms with Crippen molar-refractivity contribution in [2.24, 2.45) is 5.92 Å². The number of nitrogens with one attached hydrogen (secondary N) is 1. The molecule has 3 rings (SSSR count). The van der Waals surface area contributed by atoms with Crippen LogP contribution in [-0.4, -0.2) is 58.6 Å². The van der Waals surface area contributed by atoms with Crippen LogP contribution in [0.15, 0.2) is 12.3 Å². The average Bonchev–Trinajstić information content (AvgIpc) is 3.08. The van der Waals surface area contributed by atoms with Crippen molar-refractivity contribution in [1.29, 1.82) is 0 Å². The van der Waals surface area contributed by atoms with Gasteiger partial charge in [-0.1, -0.05) is 6.92 Å². The van der Waals surface area contributed by atoms with Gasteiger partial charge in [0.05, 0.1) is 11.3 Å². The van der Waals surface area contributed by atoms with Crippen molar-refractivity contribution in [3.8, 4) is 0 Å². The number of fused-ring (bicyclic) bond motifs is 1. The molecule has 1 aromatic heterocycles. The maximum Gasteiger partial charge on any atom is 0.276 e. The standard InChI is InChI=1S/C18H28N4O2/c1-3-21(2)11-13-4-5-16(8-13)22-7-6-14-9-15(18(23)20-24)10-19-17(14)12-22/h9-10,13,16,24H,3-8,11-12H2,1-2H3,(H,20,23). The van der Waals surface area contributed by atoms with Gasteiger partial charge in [0.25, 0.3) is 5.91 Å². The van der Waals surface area contributed by atoms with E-state index in [9.17, 15) is 4.79 Å². The Bertz CT molecular complexity index is 592. The first-order chi connectivity index (χ1) is 11.6. The lowest BCUT2D eigenvalue weighted by molar-refractivity contribution is 0.0705. The smallest absolute Gasteiger partial charge is 0.276 e. The molecule has 1 aliphatic heterocycles. The molecule has 24 heavy (non-hydrogen) atoms. The minimum atomic E-state index is -0.494. The number of pyridine rings is 1. The third kappa shape index (κ3) is 3.77. The molecule has 0 radical (unpaired) electrons. The first kappa shape index (κ1) is 17.3. The van der Waals surface area contributed by atoms with Crippen LogP contribution in [0.3, 0.4) is 0 Å². The van der Waals surface area contributed by atoms with Crippen LogP contribution in [0.2, 0.25) is 0 Å². The Morgan fingerprint density at radius 2 is 2.33 bits per heavy atom. The zero-order valence-electron chi connectivity index (χ0n) is 14.7. The van der Waals surface area contributed by atoms with Crippen LogP contribution in [0.5, 0.6) is 0 Å². The van der Waals surface area contributed by atoms with Crippen molar-refractivity contribution < 1.29 is 10.0 Å². The summed E-state index contributed by atoms with van der Waals surface area (Å²) in [7, 11) is 2.20. The lowest BCUT2D eigenvalue weighted by atomic mass is 10.0. The molecular weight excluding hydrogens is 304 g/mol. The molecule has 1 aromatic rings. The maximum absolute atomic E-state index is 11.5. The van der Waals surface area contributed by atoms with Crippen LogP contribution < -0.4 is 5.48 Å². The van der Waals surface area contributed by atoms with E-state index >= 15 is 0 Å². The summed E-state index contributed by atoms with van der Waals surface area (Å²) < 4.78 is 0. The van der Waals surface area contributed by atoms with E-state index in [1.165, 1.54) is 25.8 Å². The Labute approximate surface area is 143 Å². The fraction of sp³-hybridized carbons (Fsp3) is 0.667. The molecule has 6 nitrogen and oxygen atoms in total. The van der Waals surface area contributed by atoms with Crippen LogP contribution >= 0.6 is 0 Å². The molecule has 2 N–H and O–H groups in total. The summed E-state index contributed by atoms with van der Waals surface area (Å²) in [5, 5.41) is 8.74. The van der Waals surface area contributed by atoms with Gasteiger partial charge in [-0.15, -0.1) is 0 Å². The van der Waals surface area contributed by atoms with E-state index < -0.39 is 5.91 Å². The average molecular weight is 332 g/mol. The summed E-state index contributed by atoms with van der Waals surface area (Å²) in [6.45, 7) is 6.43. The van der Waals surface area contributed by atoms with Crippen LogP contribution in [0, 0.1) is 5.92 Å². The number of carbonyl (C=O) groups is 1. The fourth-order valence-corrected chi connectivity index (χ4v) is 4.05. The highest BCUT2D eigenvalue weighted by atomic mass is 16.5. The summed E-state index contributed by atoms with van der Waals surface area (Å²) >= 11 is 0. The highest BCUT2D eigenvalue weighted by molar-refractivity contribution is 5.93. The highest BCUT2D eigenvalue weighted by Crippen LogP contribution is 2.32. The predicted molar refractivity (Wildman–Crippen MR) is 91.9 cm³/mol. The van der Waals surface area contributed by atoms with Gasteiger partial charge < -0.3 is 4.90 Å². The van der Waals surface area contributed by atoms with E-state index in [2.05, 4.69) is 28.8 Å². The van der Waals surface area contributed by atoms with Gasteiger partial charge in [0.15, 0.2) is 0 Å². The molecule has 132 valence electrons. The zero-order valence-corrected chi connectivity index (χ0v) is 14.7. The van der Waals surface area contributed by atoms with Crippen LogP contribution in [0.1, 0.15) is 47.8 Å². The van der Waals surface area contributed by atoms with Gasteiger partial charge in [0, 0.05) is 31.9 Å². The van der Waals surface area contributed by atoms with Gasteiger partial charge >= 0.3 is 0 Å². The van der Waals surface area contributed by atoms with Gasteiger partial charge in [-0.3, -0.25) is 19.9 Å². The number of nitrogens with zero attached hydrogens (tertiary/aromatic N) is 3. The Balaban J connectivity index is 1.61. The van der Waals surface area contributed by atoms with Crippen molar-refractivity contribution in [1.82, 2.24) is 20.3 Å². The molecule has 6 heteroatoms. The van der Waals surface area contributed by atoms with Crippen molar-refractivity contribution in [3.05, 3.63) is 29.1 Å². The molecule has 1 fully saturated rings. The lowest BCUT2D eigenvalue weighted by Crippen LogP contribution is -2.39. The first-order valence-corrected chi connectivity index (χ1v) is 8.95. The second-order valence-electron chi connectivity index (χ2n) is 7.18. The van der Waals surface area contributed by atoms with Crippen LogP contribution in [-0.2, 0) is 13.0 Å². The number of hydrogen-bond donors (Lipinski definition) is 2. The first-order valence-electron chi connectivity index (χ1n) is 8.95. The highest BCUT2D eigenvalue weighted by Gasteiger charge is 2.31. The number of hydrogen-bond acceptors (Lipinski definition) is 5. The molecule has 2 atom stereocenters. The maximum atomic E-state index is 11.5. The van der Waals surface area contributed by atoms with Gasteiger partial charge in [-0.25, -0.2) is 5.48 Å². The quantitative estimate of drug-likeness (QED) is 0.634. The Morgan fingerprint density at radius 3 is 3.08 bits per heavy atom. The minimum absolute atomic E-state index is 0.424. The normalized spacial score (nSPS) is 24.2.